The van der Waals surface area contributed by atoms with Crippen molar-refractivity contribution in [1.82, 2.24) is 0 Å². The highest BCUT2D eigenvalue weighted by Crippen LogP contribution is 2.43. The summed E-state index contributed by atoms with van der Waals surface area (Å²) in [4.78, 5) is 2.11. The van der Waals surface area contributed by atoms with Gasteiger partial charge < -0.3 is 10.3 Å². The highest BCUT2D eigenvalue weighted by Gasteiger charge is 2.26. The molecule has 0 fully saturated rings. The molecule has 1 aliphatic carbocycles. The van der Waals surface area contributed by atoms with Crippen molar-refractivity contribution in [3.8, 4) is 22.3 Å². The lowest BCUT2D eigenvalue weighted by Gasteiger charge is -2.25. The molecule has 0 radical (unpaired) electrons. The van der Waals surface area contributed by atoms with E-state index in [1.807, 2.05) is 0 Å². The Morgan fingerprint density at radius 1 is 0.821 bits per heavy atom. The van der Waals surface area contributed by atoms with E-state index in [0.29, 0.717) is 5.71 Å². The van der Waals surface area contributed by atoms with Crippen LogP contribution < -0.4 is 4.90 Å². The highest BCUT2D eigenvalue weighted by molar-refractivity contribution is 6.08. The van der Waals surface area contributed by atoms with E-state index in [0.717, 1.165) is 23.2 Å². The highest BCUT2D eigenvalue weighted by atomic mass is 15.1. The van der Waals surface area contributed by atoms with Crippen LogP contribution in [0.1, 0.15) is 37.5 Å². The van der Waals surface area contributed by atoms with Crippen molar-refractivity contribution in [3.63, 3.8) is 0 Å². The summed E-state index contributed by atoms with van der Waals surface area (Å²) in [6.45, 7) is 6.35. The molecule has 3 aromatic carbocycles. The zero-order chi connectivity index (χ0) is 20.1. The van der Waals surface area contributed by atoms with E-state index < -0.39 is 0 Å². The van der Waals surface area contributed by atoms with Gasteiger partial charge in [0.1, 0.15) is 0 Å². The second-order valence-electron chi connectivity index (χ2n) is 8.91. The summed E-state index contributed by atoms with van der Waals surface area (Å²) >= 11 is 0. The van der Waals surface area contributed by atoms with Gasteiger partial charge in [-0.25, -0.2) is 0 Å². The Labute approximate surface area is 168 Å². The third-order valence-electron chi connectivity index (χ3n) is 5.68. The van der Waals surface area contributed by atoms with Crippen molar-refractivity contribution < 1.29 is 0 Å². The lowest BCUT2D eigenvalue weighted by Crippen LogP contribution is -2.22. The van der Waals surface area contributed by atoms with E-state index in [-0.39, 0.29) is 5.41 Å². The molecule has 0 heterocycles. The van der Waals surface area contributed by atoms with Crippen LogP contribution in [0.3, 0.4) is 0 Å². The molecule has 0 amide bonds. The van der Waals surface area contributed by atoms with Gasteiger partial charge in [-0.05, 0) is 51.9 Å². The maximum absolute atomic E-state index is 8.92. The first kappa shape index (κ1) is 18.5. The summed E-state index contributed by atoms with van der Waals surface area (Å²) in [7, 11) is 4.10. The number of anilines is 1. The number of nitrogens with zero attached hydrogens (tertiary/aromatic N) is 1. The van der Waals surface area contributed by atoms with E-state index in [4.69, 9.17) is 5.41 Å². The first-order chi connectivity index (χ1) is 13.3. The summed E-state index contributed by atoms with van der Waals surface area (Å²) in [6.07, 6.45) is 0.958. The first-order valence-corrected chi connectivity index (χ1v) is 9.88. The molecule has 1 aliphatic rings. The molecule has 0 bridgehead atoms. The Kier molecular flexibility index (Phi) is 4.38. The fraction of sp³-hybridized carbons (Fsp3) is 0.269. The molecule has 0 saturated heterocycles. The van der Waals surface area contributed by atoms with Gasteiger partial charge in [-0.2, -0.15) is 0 Å². The average Bonchev–Trinajstić information content (AvgIpc) is 3.05. The van der Waals surface area contributed by atoms with Crippen LogP contribution in [-0.4, -0.2) is 19.8 Å². The summed E-state index contributed by atoms with van der Waals surface area (Å²) in [5.74, 6) is 0. The zero-order valence-corrected chi connectivity index (χ0v) is 17.4. The lowest BCUT2D eigenvalue weighted by atomic mass is 9.81. The molecule has 0 aromatic heterocycles. The number of nitrogens with one attached hydrogen (secondary N) is 1. The second kappa shape index (κ2) is 6.63. The summed E-state index contributed by atoms with van der Waals surface area (Å²) in [5.41, 5.74) is 10.5. The topological polar surface area (TPSA) is 27.1 Å². The van der Waals surface area contributed by atoms with Crippen LogP contribution in [0.25, 0.3) is 22.3 Å². The van der Waals surface area contributed by atoms with E-state index in [1.54, 1.807) is 0 Å². The van der Waals surface area contributed by atoms with Crippen molar-refractivity contribution in [2.45, 2.75) is 27.2 Å². The molecule has 1 N–H and O–H groups in total. The smallest absolute Gasteiger partial charge is 0.0446 e. The second-order valence-corrected chi connectivity index (χ2v) is 8.91. The molecule has 0 atom stereocenters. The molecule has 0 saturated carbocycles. The van der Waals surface area contributed by atoms with Crippen molar-refractivity contribution >= 4 is 11.4 Å². The Bertz CT molecular complexity index is 1070. The number of hydrogen-bond acceptors (Lipinski definition) is 2. The van der Waals surface area contributed by atoms with Crippen LogP contribution >= 0.6 is 0 Å². The van der Waals surface area contributed by atoms with Crippen LogP contribution in [-0.2, 0) is 6.42 Å². The number of fused-ring (bicyclic) bond motifs is 3. The Morgan fingerprint density at radius 3 is 2.14 bits per heavy atom. The lowest BCUT2D eigenvalue weighted by molar-refractivity contribution is 0.588. The van der Waals surface area contributed by atoms with Gasteiger partial charge in [-0.3, -0.25) is 0 Å². The van der Waals surface area contributed by atoms with Crippen molar-refractivity contribution in [2.24, 2.45) is 5.41 Å². The van der Waals surface area contributed by atoms with Gasteiger partial charge in [-0.15, -0.1) is 0 Å². The third kappa shape index (κ3) is 3.03. The normalized spacial score (nSPS) is 12.5. The molecule has 28 heavy (non-hydrogen) atoms. The Hall–Kier alpha value is -2.87. The fourth-order valence-electron chi connectivity index (χ4n) is 4.07. The van der Waals surface area contributed by atoms with Crippen molar-refractivity contribution in [2.75, 3.05) is 19.0 Å². The van der Waals surface area contributed by atoms with Crippen LogP contribution in [0.4, 0.5) is 5.69 Å². The fourth-order valence-corrected chi connectivity index (χ4v) is 4.07. The van der Waals surface area contributed by atoms with Crippen molar-refractivity contribution in [3.05, 3.63) is 77.4 Å². The molecule has 2 nitrogen and oxygen atoms in total. The predicted molar refractivity (Wildman–Crippen MR) is 121 cm³/mol. The monoisotopic (exact) mass is 368 g/mol. The number of hydrogen-bond donors (Lipinski definition) is 1. The third-order valence-corrected chi connectivity index (χ3v) is 5.68. The van der Waals surface area contributed by atoms with E-state index >= 15 is 0 Å². The maximum Gasteiger partial charge on any atom is 0.0446 e. The van der Waals surface area contributed by atoms with Gasteiger partial charge >= 0.3 is 0 Å². The molecule has 142 valence electrons. The summed E-state index contributed by atoms with van der Waals surface area (Å²) in [6, 6.07) is 21.8. The predicted octanol–water partition coefficient (Wildman–Crippen LogP) is 6.40. The van der Waals surface area contributed by atoms with Crippen molar-refractivity contribution in [1.29, 1.82) is 5.41 Å². The van der Waals surface area contributed by atoms with E-state index in [9.17, 15) is 0 Å². The van der Waals surface area contributed by atoms with E-state index in [2.05, 4.69) is 100 Å². The van der Waals surface area contributed by atoms with Crippen LogP contribution in [0.15, 0.2) is 60.7 Å². The Balaban J connectivity index is 1.93. The molecule has 0 unspecified atom stereocenters. The summed E-state index contributed by atoms with van der Waals surface area (Å²) in [5, 5.41) is 8.92. The molecule has 3 aromatic rings. The van der Waals surface area contributed by atoms with Crippen LogP contribution in [0.2, 0.25) is 0 Å². The molecule has 0 aliphatic heterocycles. The van der Waals surface area contributed by atoms with Gasteiger partial charge in [-0.1, -0.05) is 69.3 Å². The van der Waals surface area contributed by atoms with Gasteiger partial charge in [0.05, 0.1) is 0 Å². The molecule has 0 spiro atoms. The van der Waals surface area contributed by atoms with Gasteiger partial charge in [0.25, 0.3) is 0 Å². The number of benzene rings is 3. The van der Waals surface area contributed by atoms with Crippen LogP contribution in [0, 0.1) is 10.8 Å². The SMILES string of the molecule is CN(C)c1ccc(-c2cccc3c2Cc2ccccc2-3)c(C(=N)C(C)(C)C)c1. The average molecular weight is 369 g/mol. The zero-order valence-electron chi connectivity index (χ0n) is 17.4. The molecular weight excluding hydrogens is 340 g/mol. The van der Waals surface area contributed by atoms with Gasteiger partial charge in [0.2, 0.25) is 0 Å². The molecule has 2 heteroatoms. The van der Waals surface area contributed by atoms with Gasteiger partial charge in [0.15, 0.2) is 0 Å². The number of rotatable bonds is 3. The quantitative estimate of drug-likeness (QED) is 0.416. The Morgan fingerprint density at radius 2 is 1.46 bits per heavy atom. The first-order valence-electron chi connectivity index (χ1n) is 9.88. The minimum absolute atomic E-state index is 0.208. The minimum Gasteiger partial charge on any atom is -0.378 e. The standard InChI is InChI=1S/C26H28N2/c1-26(2,3)25(27)24-16-18(28(4)5)13-14-22(24)21-12-8-11-20-19-10-7-6-9-17(19)15-23(20)21/h6-14,16,27H,15H2,1-5H3. The largest absolute Gasteiger partial charge is 0.378 e. The van der Waals surface area contributed by atoms with Gasteiger partial charge in [0, 0.05) is 36.5 Å². The minimum atomic E-state index is -0.208. The molecular formula is C26H28N2. The molecule has 4 rings (SSSR count). The van der Waals surface area contributed by atoms with Crippen LogP contribution in [0.5, 0.6) is 0 Å². The maximum atomic E-state index is 8.92. The van der Waals surface area contributed by atoms with E-state index in [1.165, 1.54) is 27.8 Å². The summed E-state index contributed by atoms with van der Waals surface area (Å²) < 4.78 is 0.